The molecular weight excluding hydrogens is 354 g/mol. The second-order valence-electron chi connectivity index (χ2n) is 7.41. The lowest BCUT2D eigenvalue weighted by atomic mass is 10.2. The molecule has 1 fully saturated rings. The van der Waals surface area contributed by atoms with E-state index in [0.717, 1.165) is 54.7 Å². The molecule has 0 aliphatic carbocycles. The number of amides is 1. The number of carbonyl (C=O) groups is 1. The van der Waals surface area contributed by atoms with Gasteiger partial charge in [-0.2, -0.15) is 0 Å². The molecule has 2 heterocycles. The van der Waals surface area contributed by atoms with Crippen molar-refractivity contribution in [3.63, 3.8) is 0 Å². The van der Waals surface area contributed by atoms with Crippen LogP contribution in [0.15, 0.2) is 30.6 Å². The molecule has 1 aromatic heterocycles. The number of ether oxygens (including phenoxy) is 1. The van der Waals surface area contributed by atoms with Crippen LogP contribution in [-0.4, -0.2) is 59.6 Å². The third kappa shape index (κ3) is 5.19. The Morgan fingerprint density at radius 2 is 1.79 bits per heavy atom. The molecule has 0 radical (unpaired) electrons. The number of rotatable bonds is 6. The number of aromatic nitrogens is 2. The lowest BCUT2D eigenvalue weighted by molar-refractivity contribution is -0.117. The minimum absolute atomic E-state index is 0.0000362. The van der Waals surface area contributed by atoms with E-state index in [1.807, 2.05) is 45.0 Å². The van der Waals surface area contributed by atoms with E-state index < -0.39 is 0 Å². The van der Waals surface area contributed by atoms with E-state index in [4.69, 9.17) is 4.74 Å². The zero-order chi connectivity index (χ0) is 20.1. The topological polar surface area (TPSA) is 70.6 Å². The zero-order valence-electron chi connectivity index (χ0n) is 17.1. The summed E-state index contributed by atoms with van der Waals surface area (Å²) in [5.74, 6) is 1.81. The van der Waals surface area contributed by atoms with Crippen molar-refractivity contribution in [2.75, 3.05) is 42.9 Å². The van der Waals surface area contributed by atoms with Crippen LogP contribution in [0.5, 0.6) is 5.75 Å². The van der Waals surface area contributed by atoms with Crippen LogP contribution in [0.25, 0.3) is 0 Å². The second kappa shape index (κ2) is 9.01. The molecule has 2 aromatic rings. The summed E-state index contributed by atoms with van der Waals surface area (Å²) in [6.07, 6.45) is 1.75. The van der Waals surface area contributed by atoms with E-state index in [1.54, 1.807) is 6.33 Å². The summed E-state index contributed by atoms with van der Waals surface area (Å²) >= 11 is 0. The Balaban J connectivity index is 1.48. The highest BCUT2D eigenvalue weighted by atomic mass is 16.5. The predicted molar refractivity (Wildman–Crippen MR) is 111 cm³/mol. The average Bonchev–Trinajstić information content (AvgIpc) is 2.66. The molecule has 1 saturated heterocycles. The molecule has 0 bridgehead atoms. The van der Waals surface area contributed by atoms with Gasteiger partial charge in [0.1, 0.15) is 17.9 Å². The number of nitrogens with zero attached hydrogens (tertiary/aromatic N) is 4. The molecule has 0 spiro atoms. The maximum Gasteiger partial charge on any atom is 0.238 e. The summed E-state index contributed by atoms with van der Waals surface area (Å²) in [4.78, 5) is 25.5. The molecule has 1 aliphatic rings. The number of piperazine rings is 1. The Morgan fingerprint density at radius 1 is 1.11 bits per heavy atom. The summed E-state index contributed by atoms with van der Waals surface area (Å²) in [6.45, 7) is 11.8. The minimum Gasteiger partial charge on any atom is -0.491 e. The van der Waals surface area contributed by atoms with E-state index in [-0.39, 0.29) is 12.0 Å². The van der Waals surface area contributed by atoms with Crippen molar-refractivity contribution >= 4 is 17.4 Å². The van der Waals surface area contributed by atoms with E-state index >= 15 is 0 Å². The highest BCUT2D eigenvalue weighted by molar-refractivity contribution is 5.92. The van der Waals surface area contributed by atoms with Gasteiger partial charge in [-0.15, -0.1) is 0 Å². The van der Waals surface area contributed by atoms with Gasteiger partial charge in [-0.05, 0) is 52.0 Å². The van der Waals surface area contributed by atoms with E-state index in [0.29, 0.717) is 6.54 Å². The van der Waals surface area contributed by atoms with Crippen LogP contribution in [0, 0.1) is 13.8 Å². The number of hydrogen-bond donors (Lipinski definition) is 1. The van der Waals surface area contributed by atoms with Gasteiger partial charge in [-0.1, -0.05) is 0 Å². The normalized spacial score (nSPS) is 15.0. The van der Waals surface area contributed by atoms with Crippen LogP contribution in [0.1, 0.15) is 25.1 Å². The van der Waals surface area contributed by atoms with Gasteiger partial charge in [-0.3, -0.25) is 9.69 Å². The number of nitrogens with one attached hydrogen (secondary N) is 1. The highest BCUT2D eigenvalue weighted by Crippen LogP contribution is 2.20. The van der Waals surface area contributed by atoms with Gasteiger partial charge in [0.2, 0.25) is 5.91 Å². The number of anilines is 2. The van der Waals surface area contributed by atoms with E-state index in [2.05, 4.69) is 32.0 Å². The first kappa shape index (κ1) is 20.1. The monoisotopic (exact) mass is 383 g/mol. The maximum atomic E-state index is 12.4. The minimum atomic E-state index is 0.0000362. The van der Waals surface area contributed by atoms with Crippen molar-refractivity contribution in [1.82, 2.24) is 14.9 Å². The van der Waals surface area contributed by atoms with Crippen LogP contribution in [0.2, 0.25) is 0 Å². The first-order valence-electron chi connectivity index (χ1n) is 9.74. The summed E-state index contributed by atoms with van der Waals surface area (Å²) in [5, 5.41) is 2.96. The second-order valence-corrected chi connectivity index (χ2v) is 7.41. The van der Waals surface area contributed by atoms with Crippen molar-refractivity contribution in [2.24, 2.45) is 0 Å². The molecule has 1 aliphatic heterocycles. The quantitative estimate of drug-likeness (QED) is 0.827. The van der Waals surface area contributed by atoms with Gasteiger partial charge in [0.25, 0.3) is 0 Å². The molecule has 0 unspecified atom stereocenters. The van der Waals surface area contributed by atoms with Gasteiger partial charge in [0.05, 0.1) is 12.6 Å². The first-order chi connectivity index (χ1) is 13.4. The van der Waals surface area contributed by atoms with Crippen molar-refractivity contribution in [1.29, 1.82) is 0 Å². The Kier molecular flexibility index (Phi) is 6.46. The van der Waals surface area contributed by atoms with Gasteiger partial charge >= 0.3 is 0 Å². The van der Waals surface area contributed by atoms with Gasteiger partial charge in [0.15, 0.2) is 0 Å². The smallest absolute Gasteiger partial charge is 0.238 e. The van der Waals surface area contributed by atoms with Crippen LogP contribution >= 0.6 is 0 Å². The molecule has 7 heteroatoms. The molecule has 150 valence electrons. The van der Waals surface area contributed by atoms with E-state index in [9.17, 15) is 4.79 Å². The van der Waals surface area contributed by atoms with Crippen LogP contribution < -0.4 is 15.0 Å². The average molecular weight is 383 g/mol. The Bertz CT molecular complexity index is 799. The summed E-state index contributed by atoms with van der Waals surface area (Å²) in [5.41, 5.74) is 2.92. The molecule has 0 atom stereocenters. The maximum absolute atomic E-state index is 12.4. The fraction of sp³-hybridized carbons (Fsp3) is 0.476. The highest BCUT2D eigenvalue weighted by Gasteiger charge is 2.21. The molecular formula is C21H29N5O2. The Morgan fingerprint density at radius 3 is 2.43 bits per heavy atom. The van der Waals surface area contributed by atoms with E-state index in [1.165, 1.54) is 0 Å². The molecule has 1 N–H and O–H groups in total. The Hall–Kier alpha value is -2.67. The van der Waals surface area contributed by atoms with Gasteiger partial charge in [0, 0.05) is 43.1 Å². The number of hydrogen-bond acceptors (Lipinski definition) is 6. The SMILES string of the molecule is Cc1ncnc(N2CCN(CC(=O)Nc3ccc(OC(C)C)cc3)CC2)c1C. The van der Waals surface area contributed by atoms with Crippen LogP contribution in [0.4, 0.5) is 11.5 Å². The third-order valence-corrected chi connectivity index (χ3v) is 4.86. The van der Waals surface area contributed by atoms with Gasteiger partial charge in [-0.25, -0.2) is 9.97 Å². The molecule has 7 nitrogen and oxygen atoms in total. The fourth-order valence-electron chi connectivity index (χ4n) is 3.25. The van der Waals surface area contributed by atoms with Gasteiger partial charge < -0.3 is 15.0 Å². The lowest BCUT2D eigenvalue weighted by Gasteiger charge is -2.35. The van der Waals surface area contributed by atoms with Crippen molar-refractivity contribution in [2.45, 2.75) is 33.8 Å². The largest absolute Gasteiger partial charge is 0.491 e. The summed E-state index contributed by atoms with van der Waals surface area (Å²) < 4.78 is 5.62. The van der Waals surface area contributed by atoms with Crippen molar-refractivity contribution < 1.29 is 9.53 Å². The molecule has 28 heavy (non-hydrogen) atoms. The summed E-state index contributed by atoms with van der Waals surface area (Å²) in [6, 6.07) is 7.49. The third-order valence-electron chi connectivity index (χ3n) is 4.86. The number of carbonyl (C=O) groups excluding carboxylic acids is 1. The van der Waals surface area contributed by atoms with Crippen molar-refractivity contribution in [3.05, 3.63) is 41.9 Å². The molecule has 1 aromatic carbocycles. The number of benzene rings is 1. The lowest BCUT2D eigenvalue weighted by Crippen LogP contribution is -2.49. The predicted octanol–water partition coefficient (Wildman–Crippen LogP) is 2.64. The molecule has 0 saturated carbocycles. The van der Waals surface area contributed by atoms with Crippen LogP contribution in [-0.2, 0) is 4.79 Å². The first-order valence-corrected chi connectivity index (χ1v) is 9.74. The summed E-state index contributed by atoms with van der Waals surface area (Å²) in [7, 11) is 0. The molecule has 3 rings (SSSR count). The zero-order valence-corrected chi connectivity index (χ0v) is 17.1. The number of aryl methyl sites for hydroxylation is 1. The standard InChI is InChI=1S/C21H29N5O2/c1-15(2)28-19-7-5-18(6-8-19)24-20(27)13-25-9-11-26(12-10-25)21-16(3)17(4)22-14-23-21/h5-8,14-15H,9-13H2,1-4H3,(H,24,27). The van der Waals surface area contributed by atoms with Crippen molar-refractivity contribution in [3.8, 4) is 5.75 Å². The molecule has 1 amide bonds. The Labute approximate surface area is 166 Å². The fourth-order valence-corrected chi connectivity index (χ4v) is 3.25. The van der Waals surface area contributed by atoms with Crippen LogP contribution in [0.3, 0.4) is 0 Å².